The molecule has 0 aromatic heterocycles. The Morgan fingerprint density at radius 3 is 1.14 bits per heavy atom. The van der Waals surface area contributed by atoms with Crippen LogP contribution in [0.4, 0.5) is 0 Å². The van der Waals surface area contributed by atoms with Crippen molar-refractivity contribution in [3.05, 3.63) is 0 Å². The predicted molar refractivity (Wildman–Crippen MR) is 20.1 cm³/mol. The van der Waals surface area contributed by atoms with Crippen LogP contribution >= 0.6 is 0 Å². The molecule has 0 aliphatic carbocycles. The standard InChI is InChI=1S/H3N.H2O4S.H2O/c;1-5(2,3)4;/h1H3;(H2,1,2,3,4);1H2/p-1. The molecule has 0 aromatic rings. The van der Waals surface area contributed by atoms with E-state index >= 15 is 0 Å². The number of hydrogen-bond donors (Lipinski definition) is 1. The van der Waals surface area contributed by atoms with Crippen molar-refractivity contribution in [2.24, 2.45) is 0 Å². The zero-order chi connectivity index (χ0) is 4.50. The summed E-state index contributed by atoms with van der Waals surface area (Å²) in [5.74, 6) is 0. The van der Waals surface area contributed by atoms with Crippen LogP contribution in [0.2, 0.25) is 0 Å². The first-order valence-electron chi connectivity index (χ1n) is 0.667. The van der Waals surface area contributed by atoms with Gasteiger partial charge in [-0.05, 0) is 0 Å². The molecule has 0 heterocycles. The summed E-state index contributed by atoms with van der Waals surface area (Å²) in [7, 11) is -5.17. The van der Waals surface area contributed by atoms with Crippen LogP contribution < -0.4 is 6.15 Å². The fourth-order valence-corrected chi connectivity index (χ4v) is 0. The van der Waals surface area contributed by atoms with E-state index in [2.05, 4.69) is 0 Å². The summed E-state index contributed by atoms with van der Waals surface area (Å²) < 4.78 is 34.1. The monoisotopic (exact) mass is 132 g/mol. The number of hydrogen-bond acceptors (Lipinski definition) is 4. The molecule has 0 unspecified atom stereocenters. The van der Waals surface area contributed by atoms with Gasteiger partial charge in [0.25, 0.3) is 0 Å². The highest BCUT2D eigenvalue weighted by molar-refractivity contribution is 7.79. The molecule has 0 atom stereocenters. The van der Waals surface area contributed by atoms with Gasteiger partial charge in [-0.1, -0.05) is 0 Å². The molecule has 0 aliphatic heterocycles. The zero-order valence-corrected chi connectivity index (χ0v) is 4.36. The minimum atomic E-state index is -5.17. The highest BCUT2D eigenvalue weighted by Gasteiger charge is 1.49. The molecule has 0 spiro atoms. The van der Waals surface area contributed by atoms with Crippen LogP contribution in [0.15, 0.2) is 0 Å². The Balaban J connectivity index is -0.0000000800. The summed E-state index contributed by atoms with van der Waals surface area (Å²) in [6.07, 6.45) is 0. The van der Waals surface area contributed by atoms with Crippen molar-refractivity contribution in [2.45, 2.75) is 0 Å². The average Bonchev–Trinajstić information content (AvgIpc) is 0.722. The third-order valence-electron chi connectivity index (χ3n) is 0. The van der Waals surface area contributed by atoms with Gasteiger partial charge in [0.2, 0.25) is 0 Å². The van der Waals surface area contributed by atoms with Gasteiger partial charge < -0.3 is 20.7 Å². The normalized spacial score (nSPS) is 8.29. The Labute approximate surface area is 40.6 Å². The van der Waals surface area contributed by atoms with E-state index in [4.69, 9.17) is 17.5 Å². The highest BCUT2D eigenvalue weighted by Crippen LogP contribution is 1.57. The summed E-state index contributed by atoms with van der Waals surface area (Å²) in [5.41, 5.74) is 0. The van der Waals surface area contributed by atoms with Crippen LogP contribution in [-0.2, 0) is 10.4 Å². The minimum Gasteiger partial charge on any atom is -0.759 e. The van der Waals surface area contributed by atoms with Crippen LogP contribution in [-0.4, -0.2) is 23.0 Å². The van der Waals surface area contributed by atoms with Crippen molar-refractivity contribution < 1.29 is 23.0 Å². The van der Waals surface area contributed by atoms with Gasteiger partial charge in [-0.2, -0.15) is 0 Å². The van der Waals surface area contributed by atoms with Crippen molar-refractivity contribution in [1.29, 1.82) is 0 Å². The summed E-state index contributed by atoms with van der Waals surface area (Å²) in [5, 5.41) is 0. The van der Waals surface area contributed by atoms with Gasteiger partial charge in [0.05, 0.1) is 0 Å². The Morgan fingerprint density at radius 2 is 1.14 bits per heavy atom. The zero-order valence-electron chi connectivity index (χ0n) is 3.54. The van der Waals surface area contributed by atoms with E-state index in [1.807, 2.05) is 0 Å². The van der Waals surface area contributed by atoms with Crippen LogP contribution in [0, 0.1) is 0 Å². The Morgan fingerprint density at radius 1 is 1.14 bits per heavy atom. The molecule has 48 valence electrons. The van der Waals surface area contributed by atoms with Crippen molar-refractivity contribution in [3.8, 4) is 0 Å². The minimum absolute atomic E-state index is 0. The third-order valence-corrected chi connectivity index (χ3v) is 0. The molecule has 7 heteroatoms. The first-order chi connectivity index (χ1) is 2.00. The first kappa shape index (κ1) is 15.8. The van der Waals surface area contributed by atoms with Crippen molar-refractivity contribution >= 4 is 10.4 Å². The number of quaternary nitrogens is 1. The molecule has 0 saturated heterocycles. The molecule has 0 aliphatic rings. The van der Waals surface area contributed by atoms with Crippen LogP contribution in [0.1, 0.15) is 0 Å². The summed E-state index contributed by atoms with van der Waals surface area (Å²) in [6, 6.07) is 0. The summed E-state index contributed by atoms with van der Waals surface area (Å²) >= 11 is 0. The van der Waals surface area contributed by atoms with E-state index in [9.17, 15) is 0 Å². The Kier molecular flexibility index (Phi) is 8.97. The molecule has 0 bridgehead atoms. The van der Waals surface area contributed by atoms with E-state index in [0.717, 1.165) is 0 Å². The fourth-order valence-electron chi connectivity index (χ4n) is 0. The van der Waals surface area contributed by atoms with E-state index in [1.165, 1.54) is 0 Å². The van der Waals surface area contributed by atoms with Crippen LogP contribution in [0.3, 0.4) is 0 Å². The van der Waals surface area contributed by atoms with Crippen molar-refractivity contribution in [1.82, 2.24) is 6.15 Å². The predicted octanol–water partition coefficient (Wildman–Crippen LogP) is -1.79. The highest BCUT2D eigenvalue weighted by atomic mass is 32.3. The van der Waals surface area contributed by atoms with Crippen LogP contribution in [0.5, 0.6) is 0 Å². The van der Waals surface area contributed by atoms with Gasteiger partial charge in [-0.25, -0.2) is 0 Å². The van der Waals surface area contributed by atoms with Gasteiger partial charge in [0.15, 0.2) is 0 Å². The molecule has 0 amide bonds. The Bertz CT molecular complexity index is 91.2. The quantitative estimate of drug-likeness (QED) is 0.306. The fraction of sp³-hybridized carbons (Fsp3) is 0. The van der Waals surface area contributed by atoms with E-state index in [-0.39, 0.29) is 11.6 Å². The van der Waals surface area contributed by atoms with E-state index in [0.29, 0.717) is 0 Å². The largest absolute Gasteiger partial charge is 0.759 e. The summed E-state index contributed by atoms with van der Waals surface area (Å²) in [4.78, 5) is 0. The Hall–Kier alpha value is -0.210. The lowest BCUT2D eigenvalue weighted by molar-refractivity contribution is 0.352. The molecule has 0 aromatic carbocycles. The molecule has 0 radical (unpaired) electrons. The molecule has 0 fully saturated rings. The maximum Gasteiger partial charge on any atom is 0.0311 e. The maximum atomic E-state index is 8.52. The smallest absolute Gasteiger partial charge is 0.0311 e. The third kappa shape index (κ3) is 1890. The lowest BCUT2D eigenvalue weighted by Crippen LogP contribution is -1.91. The second-order valence-electron chi connectivity index (χ2n) is 0.408. The summed E-state index contributed by atoms with van der Waals surface area (Å²) in [6.45, 7) is 0. The van der Waals surface area contributed by atoms with E-state index < -0.39 is 10.4 Å². The van der Waals surface area contributed by atoms with Crippen molar-refractivity contribution in [2.75, 3.05) is 0 Å². The van der Waals surface area contributed by atoms with Crippen LogP contribution in [0.25, 0.3) is 0 Å². The maximum absolute atomic E-state index is 8.52. The van der Waals surface area contributed by atoms with Gasteiger partial charge in [-0.15, -0.1) is 0 Å². The lowest BCUT2D eigenvalue weighted by atomic mass is 14.0. The van der Waals surface area contributed by atoms with Gasteiger partial charge in [0.1, 0.15) is 0 Å². The second kappa shape index (κ2) is 3.96. The second-order valence-corrected chi connectivity index (χ2v) is 1.22. The topological polar surface area (TPSA) is 148 Å². The lowest BCUT2D eigenvalue weighted by Gasteiger charge is -2.06. The molecule has 6 nitrogen and oxygen atoms in total. The van der Waals surface area contributed by atoms with E-state index in [1.54, 1.807) is 0 Å². The number of rotatable bonds is 0. The first-order valence-corrected chi connectivity index (χ1v) is 2.00. The molecule has 0 saturated carbocycles. The molecular formula is H6NO5S-. The van der Waals surface area contributed by atoms with Gasteiger partial charge in [-0.3, -0.25) is 8.42 Å². The van der Waals surface area contributed by atoms with Gasteiger partial charge in [0, 0.05) is 10.4 Å². The molecule has 7 heavy (non-hydrogen) atoms. The molecular weight excluding hydrogens is 126 g/mol. The average molecular weight is 132 g/mol. The SMILES string of the molecule is O.O=S(=O)([O-])[O-].[NH4+]. The molecule has 6 N–H and O–H groups in total. The van der Waals surface area contributed by atoms with Crippen molar-refractivity contribution in [3.63, 3.8) is 0 Å². The van der Waals surface area contributed by atoms with Gasteiger partial charge >= 0.3 is 0 Å². The molecule has 0 rings (SSSR count).